The molecule has 0 aliphatic carbocycles. The van der Waals surface area contributed by atoms with Crippen LogP contribution in [0.5, 0.6) is 5.75 Å². The fraction of sp³-hybridized carbons (Fsp3) is 0.0833. The van der Waals surface area contributed by atoms with Crippen molar-refractivity contribution in [2.45, 2.75) is 6.54 Å². The number of hydrogen-bond acceptors (Lipinski definition) is 3. The van der Waals surface area contributed by atoms with Crippen LogP contribution in [0, 0.1) is 10.1 Å². The van der Waals surface area contributed by atoms with E-state index in [4.69, 9.17) is 0 Å². The topological polar surface area (TPSA) is 67.2 Å². The first-order valence-corrected chi connectivity index (χ1v) is 5.06. The zero-order chi connectivity index (χ0) is 12.3. The summed E-state index contributed by atoms with van der Waals surface area (Å²) in [6.07, 6.45) is 3.42. The number of pyridine rings is 1. The Balaban J connectivity index is 2.16. The van der Waals surface area contributed by atoms with Crippen LogP contribution < -0.4 is 4.57 Å². The van der Waals surface area contributed by atoms with Crippen molar-refractivity contribution >= 4 is 5.69 Å². The number of aromatic nitrogens is 1. The Morgan fingerprint density at radius 2 is 1.94 bits per heavy atom. The fourth-order valence-corrected chi connectivity index (χ4v) is 1.54. The van der Waals surface area contributed by atoms with Crippen LogP contribution in [0.3, 0.4) is 0 Å². The number of benzene rings is 1. The van der Waals surface area contributed by atoms with E-state index in [-0.39, 0.29) is 11.4 Å². The van der Waals surface area contributed by atoms with Gasteiger partial charge in [-0.2, -0.15) is 4.57 Å². The minimum atomic E-state index is -0.425. The summed E-state index contributed by atoms with van der Waals surface area (Å²) in [5.74, 6) is 0.189. The van der Waals surface area contributed by atoms with Gasteiger partial charge in [0.25, 0.3) is 5.69 Å². The third kappa shape index (κ3) is 2.78. The lowest BCUT2D eigenvalue weighted by Crippen LogP contribution is -2.32. The molecule has 17 heavy (non-hydrogen) atoms. The van der Waals surface area contributed by atoms with E-state index in [9.17, 15) is 15.2 Å². The van der Waals surface area contributed by atoms with Crippen molar-refractivity contribution < 1.29 is 14.6 Å². The summed E-state index contributed by atoms with van der Waals surface area (Å²) in [5.41, 5.74) is 1.01. The van der Waals surface area contributed by atoms with E-state index >= 15 is 0 Å². The molecule has 0 bridgehead atoms. The maximum Gasteiger partial charge on any atom is 0.269 e. The van der Waals surface area contributed by atoms with Gasteiger partial charge >= 0.3 is 0 Å². The molecular weight excluding hydrogens is 220 g/mol. The van der Waals surface area contributed by atoms with Gasteiger partial charge in [-0.1, -0.05) is 0 Å². The molecule has 0 amide bonds. The molecule has 0 saturated heterocycles. The fourth-order valence-electron chi connectivity index (χ4n) is 1.54. The van der Waals surface area contributed by atoms with Crippen molar-refractivity contribution in [3.63, 3.8) is 0 Å². The van der Waals surface area contributed by atoms with Crippen LogP contribution >= 0.6 is 0 Å². The van der Waals surface area contributed by atoms with Crippen molar-refractivity contribution in [1.82, 2.24) is 0 Å². The Morgan fingerprint density at radius 1 is 1.24 bits per heavy atom. The highest BCUT2D eigenvalue weighted by Gasteiger charge is 2.07. The SMILES string of the molecule is O=[N+]([O-])c1ccc(C[n+]2cccc(O)c2)cc1. The van der Waals surface area contributed by atoms with Crippen molar-refractivity contribution in [3.8, 4) is 5.75 Å². The highest BCUT2D eigenvalue weighted by Crippen LogP contribution is 2.11. The second-order valence-electron chi connectivity index (χ2n) is 3.66. The van der Waals surface area contributed by atoms with Gasteiger partial charge in [0.2, 0.25) is 6.20 Å². The van der Waals surface area contributed by atoms with Gasteiger partial charge in [0, 0.05) is 23.8 Å². The molecule has 86 valence electrons. The minimum absolute atomic E-state index is 0.0784. The Bertz CT molecular complexity index is 538. The molecule has 1 aromatic heterocycles. The number of nitro benzene ring substituents is 1. The highest BCUT2D eigenvalue weighted by atomic mass is 16.6. The average Bonchev–Trinajstić information content (AvgIpc) is 2.29. The minimum Gasteiger partial charge on any atom is -0.503 e. The zero-order valence-electron chi connectivity index (χ0n) is 8.98. The summed E-state index contributed by atoms with van der Waals surface area (Å²) in [6.45, 7) is 0.562. The van der Waals surface area contributed by atoms with Gasteiger partial charge in [0.1, 0.15) is 0 Å². The highest BCUT2D eigenvalue weighted by molar-refractivity contribution is 5.32. The van der Waals surface area contributed by atoms with Gasteiger partial charge in [-0.25, -0.2) is 0 Å². The average molecular weight is 231 g/mol. The lowest BCUT2D eigenvalue weighted by molar-refractivity contribution is -0.688. The Hall–Kier alpha value is -2.43. The number of hydrogen-bond donors (Lipinski definition) is 1. The van der Waals surface area contributed by atoms with Crippen LogP contribution in [0.2, 0.25) is 0 Å². The van der Waals surface area contributed by atoms with E-state index in [1.165, 1.54) is 12.1 Å². The summed E-state index contributed by atoms with van der Waals surface area (Å²) >= 11 is 0. The van der Waals surface area contributed by atoms with E-state index in [1.807, 2.05) is 6.20 Å². The number of rotatable bonds is 3. The van der Waals surface area contributed by atoms with Gasteiger partial charge in [-0.05, 0) is 18.2 Å². The maximum atomic E-state index is 10.5. The first kappa shape index (κ1) is 11.1. The molecule has 0 spiro atoms. The summed E-state index contributed by atoms with van der Waals surface area (Å²) in [4.78, 5) is 10.1. The third-order valence-corrected chi connectivity index (χ3v) is 2.35. The smallest absolute Gasteiger partial charge is 0.269 e. The first-order valence-electron chi connectivity index (χ1n) is 5.06. The van der Waals surface area contributed by atoms with Crippen molar-refractivity contribution in [2.24, 2.45) is 0 Å². The van der Waals surface area contributed by atoms with Gasteiger partial charge < -0.3 is 5.11 Å². The summed E-state index contributed by atoms with van der Waals surface area (Å²) in [7, 11) is 0. The van der Waals surface area contributed by atoms with Crippen LogP contribution in [-0.4, -0.2) is 10.0 Å². The number of nitrogens with zero attached hydrogens (tertiary/aromatic N) is 2. The lowest BCUT2D eigenvalue weighted by atomic mass is 10.2. The van der Waals surface area contributed by atoms with Gasteiger partial charge in [0.05, 0.1) is 4.92 Å². The molecule has 0 aliphatic rings. The van der Waals surface area contributed by atoms with E-state index in [0.29, 0.717) is 6.54 Å². The van der Waals surface area contributed by atoms with E-state index < -0.39 is 4.92 Å². The first-order chi connectivity index (χ1) is 8.15. The molecule has 1 aromatic carbocycles. The number of aromatic hydroxyl groups is 1. The Kier molecular flexibility index (Phi) is 3.00. The van der Waals surface area contributed by atoms with Crippen LogP contribution in [-0.2, 0) is 6.54 Å². The number of nitro groups is 1. The van der Waals surface area contributed by atoms with Gasteiger partial charge in [-0.3, -0.25) is 10.1 Å². The lowest BCUT2D eigenvalue weighted by Gasteiger charge is -1.98. The molecule has 0 saturated carbocycles. The van der Waals surface area contributed by atoms with Crippen LogP contribution in [0.15, 0.2) is 48.8 Å². The largest absolute Gasteiger partial charge is 0.503 e. The summed E-state index contributed by atoms with van der Waals surface area (Å²) in [5, 5.41) is 19.8. The second kappa shape index (κ2) is 4.61. The van der Waals surface area contributed by atoms with E-state index in [2.05, 4.69) is 0 Å². The molecule has 0 unspecified atom stereocenters. The quantitative estimate of drug-likeness (QED) is 0.496. The molecule has 0 atom stereocenters. The van der Waals surface area contributed by atoms with Crippen molar-refractivity contribution in [1.29, 1.82) is 0 Å². The van der Waals surface area contributed by atoms with Crippen LogP contribution in [0.25, 0.3) is 0 Å². The molecule has 1 heterocycles. The monoisotopic (exact) mass is 231 g/mol. The van der Waals surface area contributed by atoms with Crippen LogP contribution in [0.1, 0.15) is 5.56 Å². The predicted molar refractivity (Wildman–Crippen MR) is 60.5 cm³/mol. The van der Waals surface area contributed by atoms with E-state index in [0.717, 1.165) is 5.56 Å². The second-order valence-corrected chi connectivity index (χ2v) is 3.66. The molecule has 2 aromatic rings. The molecule has 5 nitrogen and oxygen atoms in total. The van der Waals surface area contributed by atoms with E-state index in [1.54, 1.807) is 35.0 Å². The maximum absolute atomic E-state index is 10.5. The molecular formula is C12H11N2O3+. The molecule has 1 N–H and O–H groups in total. The molecule has 0 radical (unpaired) electrons. The van der Waals surface area contributed by atoms with Crippen molar-refractivity contribution in [2.75, 3.05) is 0 Å². The molecule has 0 fully saturated rings. The van der Waals surface area contributed by atoms with Gasteiger partial charge in [-0.15, -0.1) is 0 Å². The normalized spacial score (nSPS) is 10.1. The zero-order valence-corrected chi connectivity index (χ0v) is 8.98. The third-order valence-electron chi connectivity index (χ3n) is 2.35. The Morgan fingerprint density at radius 3 is 2.53 bits per heavy atom. The molecule has 2 rings (SSSR count). The summed E-state index contributed by atoms with van der Waals surface area (Å²) in [6, 6.07) is 9.68. The Labute approximate surface area is 97.7 Å². The van der Waals surface area contributed by atoms with Crippen LogP contribution in [0.4, 0.5) is 5.69 Å². The number of non-ortho nitro benzene ring substituents is 1. The van der Waals surface area contributed by atoms with Crippen molar-refractivity contribution in [3.05, 3.63) is 64.5 Å². The summed E-state index contributed by atoms with van der Waals surface area (Å²) < 4.78 is 1.80. The standard InChI is InChI=1S/C12H10N2O3/c15-12-2-1-7-13(9-12)8-10-3-5-11(6-4-10)14(16)17/h1-7,9H,8H2/p+1. The molecule has 0 aliphatic heterocycles. The predicted octanol–water partition coefficient (Wildman–Crippen LogP) is 1.64. The van der Waals surface area contributed by atoms with Gasteiger partial charge in [0.15, 0.2) is 18.5 Å². The molecule has 5 heteroatoms.